The number of benzene rings is 2. The molecule has 0 aromatic heterocycles. The van der Waals surface area contributed by atoms with Gasteiger partial charge in [-0.25, -0.2) is 0 Å². The molecule has 47 heavy (non-hydrogen) atoms. The number of rotatable bonds is 18. The van der Waals surface area contributed by atoms with Crippen molar-refractivity contribution in [1.82, 2.24) is 20.9 Å². The summed E-state index contributed by atoms with van der Waals surface area (Å²) in [7, 11) is 1.43. The van der Waals surface area contributed by atoms with E-state index < -0.39 is 35.5 Å². The monoisotopic (exact) mass is 650 g/mol. The summed E-state index contributed by atoms with van der Waals surface area (Å²) in [5.41, 5.74) is 2.12. The van der Waals surface area contributed by atoms with Crippen LogP contribution < -0.4 is 16.0 Å². The molecular weight excluding hydrogens is 600 g/mol. The Morgan fingerprint density at radius 3 is 2.09 bits per heavy atom. The molecule has 0 bridgehead atoms. The molecular formula is C36H50N4O7. The van der Waals surface area contributed by atoms with Gasteiger partial charge in [0, 0.05) is 26.7 Å². The van der Waals surface area contributed by atoms with Gasteiger partial charge in [0.05, 0.1) is 38.9 Å². The topological polar surface area (TPSA) is 139 Å². The molecule has 4 atom stereocenters. The number of methoxy groups -OCH3 is 1. The highest BCUT2D eigenvalue weighted by atomic mass is 16.6. The highest BCUT2D eigenvalue weighted by Crippen LogP contribution is 2.29. The molecule has 0 aliphatic carbocycles. The van der Waals surface area contributed by atoms with E-state index >= 15 is 0 Å². The number of Topliss-reactive ketones (excluding diaryl/α,β-unsaturated/α-hetero) is 1. The highest BCUT2D eigenvalue weighted by Gasteiger charge is 2.50. The van der Waals surface area contributed by atoms with E-state index in [0.29, 0.717) is 25.9 Å². The van der Waals surface area contributed by atoms with Crippen LogP contribution in [0.2, 0.25) is 0 Å². The fourth-order valence-electron chi connectivity index (χ4n) is 5.65. The van der Waals surface area contributed by atoms with Gasteiger partial charge < -0.3 is 30.2 Å². The molecule has 2 fully saturated rings. The van der Waals surface area contributed by atoms with E-state index in [2.05, 4.69) is 20.9 Å². The normalized spacial score (nSPS) is 19.8. The summed E-state index contributed by atoms with van der Waals surface area (Å²) in [6.45, 7) is 9.95. The zero-order valence-electron chi connectivity index (χ0n) is 28.1. The van der Waals surface area contributed by atoms with Crippen molar-refractivity contribution >= 4 is 23.5 Å². The standard InChI is InChI=1S/C36H50N4O7/c1-25(2)20-30(33(42)36(3)24-47-36)38-35(44)31(23-45-4)39-34(43)29(15-14-26-8-6-5-7-9-26)37-32(41)21-27-10-12-28(13-11-27)22-40-16-18-46-19-17-40/h5-13,25,29-31H,14-24H2,1-4H3,(H,37,41)(H,38,44)(H,39,43)/t29-,30?,31-,36+/m0/s1. The molecule has 2 aliphatic rings. The van der Waals surface area contributed by atoms with Gasteiger partial charge in [0.1, 0.15) is 17.7 Å². The number of carbonyl (C=O) groups excluding carboxylic acids is 4. The Kier molecular flexibility index (Phi) is 13.5. The third kappa shape index (κ3) is 11.5. The quantitative estimate of drug-likeness (QED) is 0.209. The van der Waals surface area contributed by atoms with E-state index in [1.54, 1.807) is 6.92 Å². The fraction of sp³-hybridized carbons (Fsp3) is 0.556. The Hall–Kier alpha value is -3.64. The molecule has 2 aliphatic heterocycles. The van der Waals surface area contributed by atoms with Crippen LogP contribution in [0.25, 0.3) is 0 Å². The molecule has 2 heterocycles. The van der Waals surface area contributed by atoms with Gasteiger partial charge in [-0.2, -0.15) is 0 Å². The lowest BCUT2D eigenvalue weighted by molar-refractivity contribution is -0.135. The lowest BCUT2D eigenvalue weighted by Crippen LogP contribution is -2.58. The lowest BCUT2D eigenvalue weighted by atomic mass is 9.93. The molecule has 4 rings (SSSR count). The molecule has 2 aromatic carbocycles. The number of amides is 3. The lowest BCUT2D eigenvalue weighted by Gasteiger charge is -2.26. The number of morpholine rings is 1. The van der Waals surface area contributed by atoms with Gasteiger partial charge in [0.15, 0.2) is 5.78 Å². The van der Waals surface area contributed by atoms with Gasteiger partial charge in [-0.15, -0.1) is 0 Å². The second-order valence-electron chi connectivity index (χ2n) is 13.1. The van der Waals surface area contributed by atoms with E-state index in [1.807, 2.05) is 68.4 Å². The van der Waals surface area contributed by atoms with Gasteiger partial charge in [0.25, 0.3) is 0 Å². The van der Waals surface area contributed by atoms with Crippen molar-refractivity contribution in [2.75, 3.05) is 46.6 Å². The number of nitrogens with one attached hydrogen (secondary N) is 3. The number of hydrogen-bond donors (Lipinski definition) is 3. The maximum absolute atomic E-state index is 13.7. The van der Waals surface area contributed by atoms with Crippen molar-refractivity contribution in [2.24, 2.45) is 5.92 Å². The average molecular weight is 651 g/mol. The predicted molar refractivity (Wildman–Crippen MR) is 177 cm³/mol. The Balaban J connectivity index is 1.40. The summed E-state index contributed by atoms with van der Waals surface area (Å²) in [6.07, 6.45) is 1.40. The SMILES string of the molecule is COC[C@H](NC(=O)[C@H](CCc1ccccc1)NC(=O)Cc1ccc(CN2CCOCC2)cc1)C(=O)NC(CC(C)C)C(=O)[C@@]1(C)CO1. The number of aryl methyl sites for hydroxylation is 1. The first-order chi connectivity index (χ1) is 22.6. The number of ketones is 1. The smallest absolute Gasteiger partial charge is 0.245 e. The summed E-state index contributed by atoms with van der Waals surface area (Å²) in [5.74, 6) is -1.39. The molecule has 2 saturated heterocycles. The van der Waals surface area contributed by atoms with E-state index in [4.69, 9.17) is 14.2 Å². The van der Waals surface area contributed by atoms with E-state index in [-0.39, 0.29) is 30.6 Å². The summed E-state index contributed by atoms with van der Waals surface area (Å²) >= 11 is 0. The molecule has 0 spiro atoms. The van der Waals surface area contributed by atoms with Crippen molar-refractivity contribution in [3.05, 3.63) is 71.3 Å². The number of hydrogen-bond acceptors (Lipinski definition) is 8. The Labute approximate surface area is 278 Å². The van der Waals surface area contributed by atoms with Gasteiger partial charge in [-0.3, -0.25) is 24.1 Å². The maximum atomic E-state index is 13.7. The highest BCUT2D eigenvalue weighted by molar-refractivity contribution is 5.98. The second kappa shape index (κ2) is 17.5. The zero-order chi connectivity index (χ0) is 33.8. The first-order valence-corrected chi connectivity index (χ1v) is 16.6. The summed E-state index contributed by atoms with van der Waals surface area (Å²) in [4.78, 5) is 55.8. The van der Waals surface area contributed by atoms with Gasteiger partial charge >= 0.3 is 0 Å². The van der Waals surface area contributed by atoms with Crippen molar-refractivity contribution < 1.29 is 33.4 Å². The third-order valence-electron chi connectivity index (χ3n) is 8.52. The summed E-state index contributed by atoms with van der Waals surface area (Å²) in [6, 6.07) is 14.9. The van der Waals surface area contributed by atoms with E-state index in [0.717, 1.165) is 49.5 Å². The number of carbonyl (C=O) groups is 4. The van der Waals surface area contributed by atoms with Crippen LogP contribution >= 0.6 is 0 Å². The Bertz CT molecular complexity index is 1320. The molecule has 2 aromatic rings. The summed E-state index contributed by atoms with van der Waals surface area (Å²) in [5, 5.41) is 8.50. The van der Waals surface area contributed by atoms with Crippen LogP contribution in [0.3, 0.4) is 0 Å². The van der Waals surface area contributed by atoms with Crippen LogP contribution in [0.5, 0.6) is 0 Å². The minimum absolute atomic E-state index is 0.106. The van der Waals surface area contributed by atoms with Crippen LogP contribution in [0.15, 0.2) is 54.6 Å². The molecule has 1 unspecified atom stereocenters. The van der Waals surface area contributed by atoms with Crippen molar-refractivity contribution in [1.29, 1.82) is 0 Å². The maximum Gasteiger partial charge on any atom is 0.245 e. The molecule has 3 N–H and O–H groups in total. The van der Waals surface area contributed by atoms with E-state index in [1.165, 1.54) is 7.11 Å². The first-order valence-electron chi connectivity index (χ1n) is 16.6. The number of nitrogens with zero attached hydrogens (tertiary/aromatic N) is 1. The zero-order valence-corrected chi connectivity index (χ0v) is 28.1. The number of epoxide rings is 1. The minimum atomic E-state index is -1.07. The molecule has 11 heteroatoms. The van der Waals surface area contributed by atoms with Crippen molar-refractivity contribution in [3.63, 3.8) is 0 Å². The van der Waals surface area contributed by atoms with Crippen LogP contribution in [0.4, 0.5) is 0 Å². The third-order valence-corrected chi connectivity index (χ3v) is 8.52. The van der Waals surface area contributed by atoms with Gasteiger partial charge in [0.2, 0.25) is 17.7 Å². The van der Waals surface area contributed by atoms with Crippen LogP contribution in [0, 0.1) is 5.92 Å². The van der Waals surface area contributed by atoms with Crippen molar-refractivity contribution in [3.8, 4) is 0 Å². The molecule has 3 amide bonds. The largest absolute Gasteiger partial charge is 0.382 e. The number of ether oxygens (including phenoxy) is 3. The molecule has 0 saturated carbocycles. The second-order valence-corrected chi connectivity index (χ2v) is 13.1. The average Bonchev–Trinajstić information content (AvgIpc) is 3.81. The molecule has 11 nitrogen and oxygen atoms in total. The van der Waals surface area contributed by atoms with Gasteiger partial charge in [-0.1, -0.05) is 68.4 Å². The van der Waals surface area contributed by atoms with Crippen LogP contribution in [-0.2, 0) is 52.8 Å². The van der Waals surface area contributed by atoms with Gasteiger partial charge in [-0.05, 0) is 48.8 Å². The first kappa shape index (κ1) is 36.2. The van der Waals surface area contributed by atoms with E-state index in [9.17, 15) is 19.2 Å². The summed E-state index contributed by atoms with van der Waals surface area (Å²) < 4.78 is 16.0. The van der Waals surface area contributed by atoms with Crippen molar-refractivity contribution in [2.45, 2.75) is 76.7 Å². The Morgan fingerprint density at radius 2 is 1.47 bits per heavy atom. The predicted octanol–water partition coefficient (Wildman–Crippen LogP) is 2.20. The molecule has 0 radical (unpaired) electrons. The van der Waals surface area contributed by atoms with Crippen LogP contribution in [-0.4, -0.2) is 98.8 Å². The fourth-order valence-corrected chi connectivity index (χ4v) is 5.65. The molecule has 256 valence electrons. The Morgan fingerprint density at radius 1 is 0.851 bits per heavy atom. The van der Waals surface area contributed by atoms with Crippen LogP contribution in [0.1, 0.15) is 50.3 Å². The minimum Gasteiger partial charge on any atom is -0.382 e.